The summed E-state index contributed by atoms with van der Waals surface area (Å²) in [4.78, 5) is 1.50. The molecular formula is C13H22BrNS. The molecule has 1 atom stereocenters. The van der Waals surface area contributed by atoms with Gasteiger partial charge in [-0.15, -0.1) is 11.3 Å². The summed E-state index contributed by atoms with van der Waals surface area (Å²) in [6.07, 6.45) is 5.03. The van der Waals surface area contributed by atoms with Gasteiger partial charge in [0.05, 0.1) is 0 Å². The molecule has 0 bridgehead atoms. The van der Waals surface area contributed by atoms with Gasteiger partial charge in [-0.25, -0.2) is 0 Å². The number of nitrogens with one attached hydrogen (secondary N) is 1. The van der Waals surface area contributed by atoms with Crippen LogP contribution in [0, 0.1) is 5.92 Å². The van der Waals surface area contributed by atoms with Crippen molar-refractivity contribution < 1.29 is 0 Å². The predicted octanol–water partition coefficient (Wildman–Crippen LogP) is 4.47. The van der Waals surface area contributed by atoms with Gasteiger partial charge in [-0.2, -0.15) is 0 Å². The lowest BCUT2D eigenvalue weighted by Gasteiger charge is -2.16. The number of rotatable bonds is 8. The lowest BCUT2D eigenvalue weighted by Crippen LogP contribution is -2.24. The molecule has 1 heterocycles. The second-order valence-corrected chi connectivity index (χ2v) is 6.11. The van der Waals surface area contributed by atoms with E-state index in [1.54, 1.807) is 0 Å². The van der Waals surface area contributed by atoms with Gasteiger partial charge in [0, 0.05) is 9.35 Å². The van der Waals surface area contributed by atoms with E-state index >= 15 is 0 Å². The van der Waals surface area contributed by atoms with Crippen molar-refractivity contribution in [1.29, 1.82) is 0 Å². The quantitative estimate of drug-likeness (QED) is 0.699. The normalized spacial score (nSPS) is 12.9. The fourth-order valence-corrected chi connectivity index (χ4v) is 3.53. The summed E-state index contributed by atoms with van der Waals surface area (Å²) in [5.41, 5.74) is 0. The first kappa shape index (κ1) is 14.2. The molecule has 16 heavy (non-hydrogen) atoms. The summed E-state index contributed by atoms with van der Waals surface area (Å²) in [6.45, 7) is 6.80. The van der Waals surface area contributed by atoms with Crippen LogP contribution < -0.4 is 5.32 Å². The van der Waals surface area contributed by atoms with E-state index in [0.29, 0.717) is 0 Å². The molecule has 1 nitrogen and oxygen atoms in total. The highest BCUT2D eigenvalue weighted by Gasteiger charge is 2.11. The first-order valence-electron chi connectivity index (χ1n) is 6.20. The zero-order chi connectivity index (χ0) is 11.8. The van der Waals surface area contributed by atoms with E-state index < -0.39 is 0 Å². The Balaban J connectivity index is 2.41. The van der Waals surface area contributed by atoms with Crippen LogP contribution in [0.5, 0.6) is 0 Å². The highest BCUT2D eigenvalue weighted by Crippen LogP contribution is 2.26. The molecule has 92 valence electrons. The minimum absolute atomic E-state index is 0.784. The zero-order valence-electron chi connectivity index (χ0n) is 10.3. The van der Waals surface area contributed by atoms with Gasteiger partial charge in [0.25, 0.3) is 0 Å². The predicted molar refractivity (Wildman–Crippen MR) is 77.3 cm³/mol. The molecule has 0 saturated carbocycles. The van der Waals surface area contributed by atoms with Crippen LogP contribution in [0.15, 0.2) is 15.9 Å². The van der Waals surface area contributed by atoms with Crippen LogP contribution in [0.2, 0.25) is 0 Å². The van der Waals surface area contributed by atoms with Crippen LogP contribution >= 0.6 is 27.3 Å². The molecule has 0 radical (unpaired) electrons. The highest BCUT2D eigenvalue weighted by molar-refractivity contribution is 9.10. The van der Waals surface area contributed by atoms with E-state index in [1.807, 2.05) is 11.3 Å². The van der Waals surface area contributed by atoms with Crippen LogP contribution in [-0.4, -0.2) is 13.1 Å². The molecule has 1 aromatic rings. The van der Waals surface area contributed by atoms with E-state index in [0.717, 1.165) is 19.0 Å². The van der Waals surface area contributed by atoms with Gasteiger partial charge in [-0.3, -0.25) is 0 Å². The third-order valence-electron chi connectivity index (χ3n) is 2.72. The van der Waals surface area contributed by atoms with Crippen molar-refractivity contribution in [2.45, 2.75) is 39.5 Å². The summed E-state index contributed by atoms with van der Waals surface area (Å²) in [5.74, 6) is 0.784. The molecule has 0 aliphatic heterocycles. The van der Waals surface area contributed by atoms with Crippen molar-refractivity contribution in [3.8, 4) is 0 Å². The first-order chi connectivity index (χ1) is 7.77. The van der Waals surface area contributed by atoms with Crippen molar-refractivity contribution >= 4 is 27.3 Å². The van der Waals surface area contributed by atoms with Crippen molar-refractivity contribution in [1.82, 2.24) is 5.32 Å². The second-order valence-electron chi connectivity index (χ2n) is 4.25. The average Bonchev–Trinajstić information content (AvgIpc) is 2.65. The molecule has 1 rings (SSSR count). The van der Waals surface area contributed by atoms with Gasteiger partial charge in [-0.05, 0) is 65.6 Å². The monoisotopic (exact) mass is 303 g/mol. The molecule has 0 amide bonds. The molecule has 0 saturated heterocycles. The van der Waals surface area contributed by atoms with Crippen LogP contribution in [0.3, 0.4) is 0 Å². The van der Waals surface area contributed by atoms with E-state index in [-0.39, 0.29) is 0 Å². The average molecular weight is 304 g/mol. The number of halogens is 1. The van der Waals surface area contributed by atoms with E-state index in [4.69, 9.17) is 0 Å². The standard InChI is InChI=1S/C13H22BrNS/c1-3-5-11(10-15-7-4-2)9-13-12(14)6-8-16-13/h6,8,11,15H,3-5,7,9-10H2,1-2H3. The molecule has 0 aliphatic rings. The summed E-state index contributed by atoms with van der Waals surface area (Å²) in [7, 11) is 0. The maximum absolute atomic E-state index is 3.62. The van der Waals surface area contributed by atoms with Gasteiger partial charge >= 0.3 is 0 Å². The Morgan fingerprint density at radius 2 is 2.19 bits per heavy atom. The molecule has 1 N–H and O–H groups in total. The Hall–Kier alpha value is 0.140. The van der Waals surface area contributed by atoms with Gasteiger partial charge in [0.15, 0.2) is 0 Å². The second kappa shape index (κ2) is 8.26. The Morgan fingerprint density at radius 3 is 2.75 bits per heavy atom. The van der Waals surface area contributed by atoms with Crippen LogP contribution in [0.4, 0.5) is 0 Å². The minimum atomic E-state index is 0.784. The number of hydrogen-bond donors (Lipinski definition) is 1. The Morgan fingerprint density at radius 1 is 1.38 bits per heavy atom. The number of thiophene rings is 1. The zero-order valence-corrected chi connectivity index (χ0v) is 12.7. The topological polar surface area (TPSA) is 12.0 Å². The molecule has 0 aromatic carbocycles. The molecule has 0 aliphatic carbocycles. The minimum Gasteiger partial charge on any atom is -0.316 e. The third kappa shape index (κ3) is 4.98. The van der Waals surface area contributed by atoms with Crippen molar-refractivity contribution in [3.63, 3.8) is 0 Å². The maximum Gasteiger partial charge on any atom is 0.0314 e. The summed E-state index contributed by atoms with van der Waals surface area (Å²) in [6, 6.07) is 2.16. The lowest BCUT2D eigenvalue weighted by atomic mass is 9.99. The van der Waals surface area contributed by atoms with Gasteiger partial charge in [-0.1, -0.05) is 20.3 Å². The Kier molecular flexibility index (Phi) is 7.33. The fraction of sp³-hybridized carbons (Fsp3) is 0.692. The highest BCUT2D eigenvalue weighted by atomic mass is 79.9. The van der Waals surface area contributed by atoms with Gasteiger partial charge < -0.3 is 5.32 Å². The maximum atomic E-state index is 3.62. The van der Waals surface area contributed by atoms with E-state index in [1.165, 1.54) is 35.0 Å². The van der Waals surface area contributed by atoms with Crippen molar-refractivity contribution in [2.24, 2.45) is 5.92 Å². The van der Waals surface area contributed by atoms with Crippen LogP contribution in [0.1, 0.15) is 38.0 Å². The Bertz CT molecular complexity index is 285. The van der Waals surface area contributed by atoms with E-state index in [2.05, 4.69) is 46.5 Å². The number of hydrogen-bond acceptors (Lipinski definition) is 2. The van der Waals surface area contributed by atoms with Crippen molar-refractivity contribution in [3.05, 3.63) is 20.8 Å². The van der Waals surface area contributed by atoms with Crippen molar-refractivity contribution in [2.75, 3.05) is 13.1 Å². The molecule has 0 spiro atoms. The smallest absolute Gasteiger partial charge is 0.0314 e. The SMILES string of the molecule is CCCNCC(CCC)Cc1sccc1Br. The Labute approximate surface area is 112 Å². The summed E-state index contributed by atoms with van der Waals surface area (Å²) in [5, 5.41) is 5.71. The molecular weight excluding hydrogens is 282 g/mol. The molecule has 3 heteroatoms. The lowest BCUT2D eigenvalue weighted by molar-refractivity contribution is 0.441. The van der Waals surface area contributed by atoms with E-state index in [9.17, 15) is 0 Å². The fourth-order valence-electron chi connectivity index (χ4n) is 1.90. The third-order valence-corrected chi connectivity index (χ3v) is 4.67. The molecule has 1 unspecified atom stereocenters. The van der Waals surface area contributed by atoms with Gasteiger partial charge in [0.1, 0.15) is 0 Å². The summed E-state index contributed by atoms with van der Waals surface area (Å²) < 4.78 is 1.29. The molecule has 1 aromatic heterocycles. The first-order valence-corrected chi connectivity index (χ1v) is 7.87. The van der Waals surface area contributed by atoms with Crippen LogP contribution in [0.25, 0.3) is 0 Å². The molecule has 0 fully saturated rings. The van der Waals surface area contributed by atoms with Gasteiger partial charge in [0.2, 0.25) is 0 Å². The van der Waals surface area contributed by atoms with Crippen LogP contribution in [-0.2, 0) is 6.42 Å². The largest absolute Gasteiger partial charge is 0.316 e. The summed E-state index contributed by atoms with van der Waals surface area (Å²) >= 11 is 5.49.